The zero-order chi connectivity index (χ0) is 25.7. The minimum absolute atomic E-state index is 0.00589. The van der Waals surface area contributed by atoms with E-state index < -0.39 is 5.60 Å². The lowest BCUT2D eigenvalue weighted by molar-refractivity contribution is 0.0135. The smallest absolute Gasteiger partial charge is 0.410 e. The largest absolute Gasteiger partial charge is 0.457 e. The summed E-state index contributed by atoms with van der Waals surface area (Å²) in [6.45, 7) is 6.38. The molecule has 0 radical (unpaired) electrons. The molecule has 9 nitrogen and oxygen atoms in total. The Morgan fingerprint density at radius 1 is 0.973 bits per heavy atom. The number of likely N-dealkylation sites (tertiary alicyclic amines) is 1. The van der Waals surface area contributed by atoms with Crippen LogP contribution in [0.5, 0.6) is 11.5 Å². The normalized spacial score (nSPS) is 20.9. The van der Waals surface area contributed by atoms with E-state index in [2.05, 4.69) is 9.97 Å². The van der Waals surface area contributed by atoms with Gasteiger partial charge in [0.25, 0.3) is 0 Å². The minimum Gasteiger partial charge on any atom is -0.457 e. The number of hydrogen-bond donors (Lipinski definition) is 1. The summed E-state index contributed by atoms with van der Waals surface area (Å²) in [5, 5.41) is 5.73. The molecule has 2 aromatic carbocycles. The van der Waals surface area contributed by atoms with Crippen molar-refractivity contribution in [3.63, 3.8) is 0 Å². The summed E-state index contributed by atoms with van der Waals surface area (Å²) < 4.78 is 13.6. The number of nitrogens with two attached hydrogens (primary N) is 1. The highest BCUT2D eigenvalue weighted by Gasteiger charge is 2.49. The van der Waals surface area contributed by atoms with Crippen LogP contribution in [-0.2, 0) is 4.74 Å². The summed E-state index contributed by atoms with van der Waals surface area (Å²) in [5.74, 6) is 2.28. The van der Waals surface area contributed by atoms with Crippen molar-refractivity contribution < 1.29 is 14.3 Å². The van der Waals surface area contributed by atoms with Gasteiger partial charge in [0.15, 0.2) is 5.65 Å². The summed E-state index contributed by atoms with van der Waals surface area (Å²) in [5.41, 5.74) is 8.08. The molecule has 37 heavy (non-hydrogen) atoms. The maximum absolute atomic E-state index is 13.0. The van der Waals surface area contributed by atoms with Gasteiger partial charge < -0.3 is 20.1 Å². The number of nitrogens with zero attached hydrogens (tertiary/aromatic N) is 5. The van der Waals surface area contributed by atoms with E-state index in [1.807, 2.05) is 85.0 Å². The molecule has 4 aromatic rings. The highest BCUT2D eigenvalue weighted by atomic mass is 16.6. The first-order chi connectivity index (χ1) is 17.8. The summed E-state index contributed by atoms with van der Waals surface area (Å²) in [4.78, 5) is 23.6. The predicted octanol–water partition coefficient (Wildman–Crippen LogP) is 5.44. The molecule has 1 amide bonds. The molecule has 2 aliphatic rings. The molecule has 2 N–H and O–H groups in total. The second kappa shape index (κ2) is 8.76. The monoisotopic (exact) mass is 498 g/mol. The first-order valence-corrected chi connectivity index (χ1v) is 12.6. The van der Waals surface area contributed by atoms with E-state index in [1.165, 1.54) is 6.33 Å². The van der Waals surface area contributed by atoms with Crippen molar-refractivity contribution in [1.29, 1.82) is 0 Å². The van der Waals surface area contributed by atoms with Crippen molar-refractivity contribution in [3.05, 3.63) is 60.9 Å². The average Bonchev–Trinajstić information content (AvgIpc) is 3.57. The third-order valence-corrected chi connectivity index (χ3v) is 7.02. The summed E-state index contributed by atoms with van der Waals surface area (Å²) in [6.07, 6.45) is 3.04. The number of carbonyl (C=O) groups is 1. The maximum Gasteiger partial charge on any atom is 0.410 e. The average molecular weight is 499 g/mol. The lowest BCUT2D eigenvalue weighted by Gasteiger charge is -2.34. The van der Waals surface area contributed by atoms with Crippen LogP contribution in [0.25, 0.3) is 22.3 Å². The Kier molecular flexibility index (Phi) is 5.51. The van der Waals surface area contributed by atoms with E-state index in [0.717, 1.165) is 29.9 Å². The van der Waals surface area contributed by atoms with Crippen molar-refractivity contribution >= 4 is 22.9 Å². The number of fused-ring (bicyclic) bond motifs is 3. The molecule has 1 saturated carbocycles. The van der Waals surface area contributed by atoms with Gasteiger partial charge in [0.05, 0.1) is 17.5 Å². The van der Waals surface area contributed by atoms with E-state index in [0.29, 0.717) is 35.0 Å². The van der Waals surface area contributed by atoms with Gasteiger partial charge in [-0.05, 0) is 75.9 Å². The van der Waals surface area contributed by atoms with Gasteiger partial charge in [0.2, 0.25) is 0 Å². The highest BCUT2D eigenvalue weighted by Crippen LogP contribution is 2.46. The van der Waals surface area contributed by atoms with Gasteiger partial charge in [-0.25, -0.2) is 19.4 Å². The van der Waals surface area contributed by atoms with Gasteiger partial charge in [-0.15, -0.1) is 0 Å². The van der Waals surface area contributed by atoms with E-state index >= 15 is 0 Å². The minimum atomic E-state index is -0.544. The van der Waals surface area contributed by atoms with Crippen LogP contribution in [0.1, 0.15) is 39.7 Å². The fourth-order valence-corrected chi connectivity index (χ4v) is 5.52. The van der Waals surface area contributed by atoms with Crippen molar-refractivity contribution in [3.8, 4) is 22.8 Å². The summed E-state index contributed by atoms with van der Waals surface area (Å²) in [6, 6.07) is 17.4. The van der Waals surface area contributed by atoms with E-state index in [-0.39, 0.29) is 18.2 Å². The van der Waals surface area contributed by atoms with Crippen LogP contribution in [0.3, 0.4) is 0 Å². The van der Waals surface area contributed by atoms with E-state index in [9.17, 15) is 4.79 Å². The van der Waals surface area contributed by atoms with E-state index in [1.54, 1.807) is 0 Å². The number of nitrogen functional groups attached to an aromatic ring is 1. The van der Waals surface area contributed by atoms with Gasteiger partial charge in [0.1, 0.15) is 34.9 Å². The standard InChI is InChI=1S/C28H30N6O3/c1-28(2,3)37-27(35)33-15-17-13-21(33)22(14-17)34-26-23(25(29)30-16-31-26)24(32-34)18-9-11-20(12-10-18)36-19-7-5-4-6-8-19/h4-12,16-17,21-22H,13-15H2,1-3H3,(H2,29,30,31). The Hall–Kier alpha value is -4.14. The fourth-order valence-electron chi connectivity index (χ4n) is 5.52. The number of piperidine rings is 1. The molecule has 9 heteroatoms. The topological polar surface area (TPSA) is 108 Å². The van der Waals surface area contributed by atoms with Gasteiger partial charge in [-0.2, -0.15) is 5.10 Å². The number of rotatable bonds is 4. The van der Waals surface area contributed by atoms with Gasteiger partial charge in [-0.1, -0.05) is 18.2 Å². The molecule has 1 aliphatic carbocycles. The summed E-state index contributed by atoms with van der Waals surface area (Å²) in [7, 11) is 0. The Labute approximate surface area is 215 Å². The number of benzene rings is 2. The molecule has 190 valence electrons. The first kappa shape index (κ1) is 23.3. The molecule has 1 aliphatic heterocycles. The number of anilines is 1. The third kappa shape index (κ3) is 4.34. The zero-order valence-electron chi connectivity index (χ0n) is 21.2. The third-order valence-electron chi connectivity index (χ3n) is 7.02. The zero-order valence-corrected chi connectivity index (χ0v) is 21.2. The second-order valence-electron chi connectivity index (χ2n) is 10.8. The molecule has 1 saturated heterocycles. The molecule has 3 unspecified atom stereocenters. The highest BCUT2D eigenvalue weighted by molar-refractivity contribution is 5.98. The number of ether oxygens (including phenoxy) is 2. The Morgan fingerprint density at radius 2 is 1.68 bits per heavy atom. The maximum atomic E-state index is 13.0. The second-order valence-corrected chi connectivity index (χ2v) is 10.8. The first-order valence-electron chi connectivity index (χ1n) is 12.6. The van der Waals surface area contributed by atoms with Crippen molar-refractivity contribution in [2.75, 3.05) is 12.3 Å². The quantitative estimate of drug-likeness (QED) is 0.399. The molecular formula is C28H30N6O3. The number of carbonyl (C=O) groups excluding carboxylic acids is 1. The van der Waals surface area contributed by atoms with Crippen LogP contribution >= 0.6 is 0 Å². The number of para-hydroxylation sites is 1. The number of amides is 1. The van der Waals surface area contributed by atoms with Crippen LogP contribution in [0.4, 0.5) is 10.6 Å². The molecule has 2 bridgehead atoms. The Bertz CT molecular complexity index is 1440. The Balaban J connectivity index is 1.33. The van der Waals surface area contributed by atoms with Crippen LogP contribution < -0.4 is 10.5 Å². The van der Waals surface area contributed by atoms with Crippen molar-refractivity contribution in [2.45, 2.75) is 51.3 Å². The van der Waals surface area contributed by atoms with E-state index in [4.69, 9.17) is 20.3 Å². The lowest BCUT2D eigenvalue weighted by atomic mass is 10.1. The fraction of sp³-hybridized carbons (Fsp3) is 0.357. The lowest BCUT2D eigenvalue weighted by Crippen LogP contribution is -2.45. The predicted molar refractivity (Wildman–Crippen MR) is 140 cm³/mol. The van der Waals surface area contributed by atoms with Crippen molar-refractivity contribution in [2.24, 2.45) is 5.92 Å². The molecule has 3 heterocycles. The molecular weight excluding hydrogens is 468 g/mol. The molecule has 3 atom stereocenters. The number of aromatic nitrogens is 4. The SMILES string of the molecule is CC(C)(C)OC(=O)N1CC2CC1C(n1nc(-c3ccc(Oc4ccccc4)cc3)c3c(N)ncnc31)C2. The van der Waals surface area contributed by atoms with Crippen LogP contribution in [-0.4, -0.2) is 48.9 Å². The van der Waals surface area contributed by atoms with Crippen LogP contribution in [0, 0.1) is 5.92 Å². The summed E-state index contributed by atoms with van der Waals surface area (Å²) >= 11 is 0. The van der Waals surface area contributed by atoms with Crippen LogP contribution in [0.15, 0.2) is 60.9 Å². The van der Waals surface area contributed by atoms with Crippen LogP contribution in [0.2, 0.25) is 0 Å². The van der Waals surface area contributed by atoms with Gasteiger partial charge >= 0.3 is 6.09 Å². The molecule has 0 spiro atoms. The molecule has 2 aromatic heterocycles. The number of hydrogen-bond acceptors (Lipinski definition) is 7. The van der Waals surface area contributed by atoms with Gasteiger partial charge in [-0.3, -0.25) is 0 Å². The molecule has 2 fully saturated rings. The van der Waals surface area contributed by atoms with Crippen molar-refractivity contribution in [1.82, 2.24) is 24.6 Å². The Morgan fingerprint density at radius 3 is 2.38 bits per heavy atom. The van der Waals surface area contributed by atoms with Gasteiger partial charge in [0, 0.05) is 12.1 Å². The molecule has 6 rings (SSSR count).